The van der Waals surface area contributed by atoms with Gasteiger partial charge in [-0.05, 0) is 70.6 Å². The van der Waals surface area contributed by atoms with Crippen LogP contribution in [-0.2, 0) is 33.2 Å². The molecule has 0 aliphatic carbocycles. The van der Waals surface area contributed by atoms with Gasteiger partial charge in [0.2, 0.25) is 5.91 Å². The Morgan fingerprint density at radius 1 is 0.425 bits per heavy atom. The Balaban J connectivity index is 1.25. The molecule has 3 heterocycles. The van der Waals surface area contributed by atoms with Crippen LogP contribution in [0, 0.1) is 0 Å². The van der Waals surface area contributed by atoms with Crippen LogP contribution in [0.3, 0.4) is 0 Å². The summed E-state index contributed by atoms with van der Waals surface area (Å²) in [6.45, 7) is 1.47. The van der Waals surface area contributed by atoms with Crippen LogP contribution in [0.5, 0.6) is 0 Å². The van der Waals surface area contributed by atoms with E-state index >= 15 is 0 Å². The van der Waals surface area contributed by atoms with Crippen molar-refractivity contribution in [3.63, 3.8) is 0 Å². The van der Waals surface area contributed by atoms with E-state index in [1.54, 1.807) is 6.08 Å². The van der Waals surface area contributed by atoms with E-state index in [1.807, 2.05) is 6.08 Å². The maximum atomic E-state index is 13.2. The van der Waals surface area contributed by atoms with Crippen molar-refractivity contribution in [2.75, 3.05) is 26.4 Å². The molecule has 3 aliphatic rings. The Bertz CT molecular complexity index is 1910. The predicted molar refractivity (Wildman–Crippen MR) is 337 cm³/mol. The molecular weight excluding hydrogens is 1120 g/mol. The van der Waals surface area contributed by atoms with Gasteiger partial charge in [-0.1, -0.05) is 214 Å². The summed E-state index contributed by atoms with van der Waals surface area (Å²) >= 11 is 0. The van der Waals surface area contributed by atoms with Crippen molar-refractivity contribution in [3.8, 4) is 0 Å². The van der Waals surface area contributed by atoms with E-state index in [9.17, 15) is 61.0 Å². The molecule has 17 unspecified atom stereocenters. The Kier molecular flexibility index (Phi) is 44.6. The van der Waals surface area contributed by atoms with Gasteiger partial charge in [0.05, 0.1) is 38.6 Å². The number of ether oxygens (including phenoxy) is 6. The van der Waals surface area contributed by atoms with Gasteiger partial charge in [-0.2, -0.15) is 0 Å². The molecule has 0 saturated carbocycles. The first-order valence-corrected chi connectivity index (χ1v) is 33.3. The van der Waals surface area contributed by atoms with E-state index in [-0.39, 0.29) is 18.9 Å². The van der Waals surface area contributed by atoms with Crippen molar-refractivity contribution in [2.45, 2.75) is 311 Å². The van der Waals surface area contributed by atoms with Crippen molar-refractivity contribution in [2.24, 2.45) is 0 Å². The van der Waals surface area contributed by atoms with Gasteiger partial charge in [-0.15, -0.1) is 0 Å². The molecule has 0 aromatic heterocycles. The number of nitrogens with one attached hydrogen (secondary N) is 1. The number of hydrogen-bond acceptors (Lipinski definition) is 18. The second kappa shape index (κ2) is 49.6. The molecule has 3 saturated heterocycles. The fourth-order valence-electron chi connectivity index (χ4n) is 10.8. The third kappa shape index (κ3) is 32.2. The van der Waals surface area contributed by atoms with Crippen LogP contribution in [-0.4, -0.2) is 193 Å². The van der Waals surface area contributed by atoms with Crippen molar-refractivity contribution in [1.82, 2.24) is 5.32 Å². The highest BCUT2D eigenvalue weighted by molar-refractivity contribution is 5.76. The predicted octanol–water partition coefficient (Wildman–Crippen LogP) is 7.93. The van der Waals surface area contributed by atoms with E-state index in [2.05, 4.69) is 92.1 Å². The van der Waals surface area contributed by atoms with Crippen molar-refractivity contribution in [3.05, 3.63) is 85.1 Å². The second-order valence-electron chi connectivity index (χ2n) is 23.6. The Morgan fingerprint density at radius 3 is 1.24 bits per heavy atom. The topological polar surface area (TPSA) is 307 Å². The zero-order valence-electron chi connectivity index (χ0n) is 52.7. The Morgan fingerprint density at radius 2 is 0.793 bits per heavy atom. The SMILES string of the molecule is CC/C=C\C/C=C\C/C=C\C/C=C\C/C=C\C/C=C\CCCCCCCCCCCCCCCCCCCCC(=O)NC(COC1OC(CO)C(OC2OC(CO)C(OC3OC(CO)C(O)C(O)C3O)C(O)C2O)C(O)C1O)C(O)/C=C/CCCCC. The first-order chi connectivity index (χ1) is 42.3. The minimum Gasteiger partial charge on any atom is -0.394 e. The molecule has 17 atom stereocenters. The van der Waals surface area contributed by atoms with Crippen LogP contribution >= 0.6 is 0 Å². The molecule has 0 radical (unpaired) electrons. The monoisotopic (exact) mass is 1240 g/mol. The fraction of sp³-hybridized carbons (Fsp3) is 0.779. The molecule has 3 aliphatic heterocycles. The van der Waals surface area contributed by atoms with Crippen LogP contribution in [0.1, 0.15) is 206 Å². The molecule has 19 heteroatoms. The van der Waals surface area contributed by atoms with E-state index in [0.29, 0.717) is 6.42 Å². The molecule has 0 aromatic carbocycles. The molecule has 502 valence electrons. The molecule has 0 spiro atoms. The number of carbonyl (C=O) groups excluding carboxylic acids is 1. The maximum absolute atomic E-state index is 13.2. The van der Waals surface area contributed by atoms with Crippen LogP contribution in [0.4, 0.5) is 0 Å². The fourth-order valence-corrected chi connectivity index (χ4v) is 10.8. The first kappa shape index (κ1) is 78.2. The highest BCUT2D eigenvalue weighted by Gasteiger charge is 2.53. The lowest BCUT2D eigenvalue weighted by molar-refractivity contribution is -0.379. The van der Waals surface area contributed by atoms with Gasteiger partial charge in [-0.25, -0.2) is 0 Å². The highest BCUT2D eigenvalue weighted by atomic mass is 16.8. The summed E-state index contributed by atoms with van der Waals surface area (Å²) in [6, 6.07) is -0.971. The maximum Gasteiger partial charge on any atom is 0.220 e. The van der Waals surface area contributed by atoms with Crippen LogP contribution in [0.25, 0.3) is 0 Å². The van der Waals surface area contributed by atoms with Gasteiger partial charge in [0.1, 0.15) is 73.2 Å². The number of hydrogen-bond donors (Lipinski definition) is 12. The van der Waals surface area contributed by atoms with Gasteiger partial charge in [0, 0.05) is 6.42 Å². The van der Waals surface area contributed by atoms with Gasteiger partial charge >= 0.3 is 0 Å². The molecule has 0 aromatic rings. The quantitative estimate of drug-likeness (QED) is 0.0203. The number of carbonyl (C=O) groups is 1. The summed E-state index contributed by atoms with van der Waals surface area (Å²) < 4.78 is 34.1. The molecule has 3 fully saturated rings. The zero-order chi connectivity index (χ0) is 63.3. The Hall–Kier alpha value is -3.03. The van der Waals surface area contributed by atoms with E-state index in [4.69, 9.17) is 28.4 Å². The first-order valence-electron chi connectivity index (χ1n) is 33.3. The largest absolute Gasteiger partial charge is 0.394 e. The molecular formula is C68H117NO18. The third-order valence-corrected chi connectivity index (χ3v) is 16.2. The summed E-state index contributed by atoms with van der Waals surface area (Å²) in [5, 5.41) is 120. The minimum absolute atomic E-state index is 0.240. The summed E-state index contributed by atoms with van der Waals surface area (Å²) in [5.41, 5.74) is 0. The molecule has 0 bridgehead atoms. The average Bonchev–Trinajstić information content (AvgIpc) is 2.33. The highest BCUT2D eigenvalue weighted by Crippen LogP contribution is 2.33. The smallest absolute Gasteiger partial charge is 0.220 e. The van der Waals surface area contributed by atoms with Crippen LogP contribution < -0.4 is 5.32 Å². The normalized spacial score (nSPS) is 29.1. The van der Waals surface area contributed by atoms with E-state index in [0.717, 1.165) is 83.5 Å². The molecule has 3 rings (SSSR count). The standard InChI is InChI=1S/C68H117NO18/c1-3-5-7-9-10-11-12-13-14-15-16-17-18-19-20-21-22-23-24-25-26-27-28-29-30-31-32-33-34-35-36-37-38-39-40-42-44-46-56(74)69-51(52(73)45-43-41-8-6-4-2)50-82-66-62(80)59(77)64(54(48-71)84-66)87-68-63(81)60(78)65(55(49-72)85-68)86-67-61(79)58(76)57(75)53(47-70)83-67/h5,7,10-11,13-14,16-17,19-20,22-23,43,45,51-55,57-68,70-73,75-81H,3-4,6,8-9,12,15,18,21,24-42,44,46-50H2,1-2H3,(H,69,74)/b7-5-,11-10-,14-13-,17-16-,20-19-,23-22-,45-43+. The van der Waals surface area contributed by atoms with Crippen molar-refractivity contribution >= 4 is 5.91 Å². The van der Waals surface area contributed by atoms with Gasteiger partial charge in [0.15, 0.2) is 18.9 Å². The number of aliphatic hydroxyl groups is 11. The lowest BCUT2D eigenvalue weighted by Crippen LogP contribution is -2.66. The van der Waals surface area contributed by atoms with E-state index in [1.165, 1.54) is 96.3 Å². The summed E-state index contributed by atoms with van der Waals surface area (Å²) in [6.07, 6.45) is 36.7. The third-order valence-electron chi connectivity index (χ3n) is 16.2. The number of allylic oxidation sites excluding steroid dienone is 13. The lowest BCUT2D eigenvalue weighted by atomic mass is 9.96. The van der Waals surface area contributed by atoms with Gasteiger partial charge < -0.3 is 89.9 Å². The van der Waals surface area contributed by atoms with Crippen LogP contribution in [0.15, 0.2) is 85.1 Å². The van der Waals surface area contributed by atoms with Crippen LogP contribution in [0.2, 0.25) is 0 Å². The molecule has 19 nitrogen and oxygen atoms in total. The Labute approximate surface area is 520 Å². The van der Waals surface area contributed by atoms with Gasteiger partial charge in [-0.3, -0.25) is 4.79 Å². The molecule has 87 heavy (non-hydrogen) atoms. The van der Waals surface area contributed by atoms with E-state index < -0.39 is 124 Å². The van der Waals surface area contributed by atoms with Crippen molar-refractivity contribution in [1.29, 1.82) is 0 Å². The lowest BCUT2D eigenvalue weighted by Gasteiger charge is -2.48. The summed E-state index contributed by atoms with van der Waals surface area (Å²) in [4.78, 5) is 13.2. The number of rotatable bonds is 49. The second-order valence-corrected chi connectivity index (χ2v) is 23.6. The minimum atomic E-state index is -1.98. The number of unbranched alkanes of at least 4 members (excludes halogenated alkanes) is 21. The van der Waals surface area contributed by atoms with Crippen molar-refractivity contribution < 1.29 is 89.4 Å². The summed E-state index contributed by atoms with van der Waals surface area (Å²) in [5.74, 6) is -0.285. The number of aliphatic hydroxyl groups excluding tert-OH is 11. The van der Waals surface area contributed by atoms with Gasteiger partial charge in [0.25, 0.3) is 0 Å². The molecule has 1 amide bonds. The molecule has 12 N–H and O–H groups in total. The average molecular weight is 1240 g/mol. The number of amides is 1. The zero-order valence-corrected chi connectivity index (χ0v) is 52.7. The summed E-state index contributed by atoms with van der Waals surface area (Å²) in [7, 11) is 0.